The summed E-state index contributed by atoms with van der Waals surface area (Å²) in [6, 6.07) is 5.07. The monoisotopic (exact) mass is 232 g/mol. The maximum absolute atomic E-state index is 11.8. The van der Waals surface area contributed by atoms with Crippen LogP contribution in [0, 0.1) is 0 Å². The molecular formula is C11H14ClFO2. The van der Waals surface area contributed by atoms with Crippen molar-refractivity contribution in [2.75, 3.05) is 13.3 Å². The number of benzene rings is 1. The van der Waals surface area contributed by atoms with Gasteiger partial charge in [0.15, 0.2) is 0 Å². The van der Waals surface area contributed by atoms with Gasteiger partial charge < -0.3 is 9.84 Å². The minimum atomic E-state index is -0.553. The normalized spacial score (nSPS) is 12.5. The van der Waals surface area contributed by atoms with Crippen LogP contribution in [0.5, 0.6) is 5.75 Å². The zero-order valence-electron chi connectivity index (χ0n) is 8.54. The summed E-state index contributed by atoms with van der Waals surface area (Å²) in [5.41, 5.74) is 0.734. The van der Waals surface area contributed by atoms with Crippen molar-refractivity contribution in [2.24, 2.45) is 0 Å². The van der Waals surface area contributed by atoms with Crippen molar-refractivity contribution in [2.45, 2.75) is 19.4 Å². The van der Waals surface area contributed by atoms with Crippen molar-refractivity contribution in [1.29, 1.82) is 0 Å². The fraction of sp³-hybridized carbons (Fsp3) is 0.455. The lowest BCUT2D eigenvalue weighted by molar-refractivity contribution is 0.199. The smallest absolute Gasteiger partial charge is 0.137 e. The average Bonchev–Trinajstić information content (AvgIpc) is 2.20. The lowest BCUT2D eigenvalue weighted by atomic mass is 10.1. The molecule has 0 aliphatic carbocycles. The van der Waals surface area contributed by atoms with Gasteiger partial charge in [0.05, 0.1) is 24.4 Å². The molecule has 0 bridgehead atoms. The molecule has 0 saturated carbocycles. The van der Waals surface area contributed by atoms with Crippen LogP contribution in [0.4, 0.5) is 4.39 Å². The fourth-order valence-electron chi connectivity index (χ4n) is 1.13. The van der Waals surface area contributed by atoms with Crippen LogP contribution < -0.4 is 4.74 Å². The minimum Gasteiger partial charge on any atom is -0.492 e. The van der Waals surface area contributed by atoms with Crippen LogP contribution in [0.2, 0.25) is 5.02 Å². The Hall–Kier alpha value is -0.800. The van der Waals surface area contributed by atoms with E-state index >= 15 is 0 Å². The Balaban J connectivity index is 2.66. The van der Waals surface area contributed by atoms with E-state index in [0.717, 1.165) is 5.56 Å². The maximum Gasteiger partial charge on any atom is 0.137 e. The molecule has 15 heavy (non-hydrogen) atoms. The van der Waals surface area contributed by atoms with E-state index in [4.69, 9.17) is 16.3 Å². The van der Waals surface area contributed by atoms with Crippen molar-refractivity contribution in [3.05, 3.63) is 28.8 Å². The van der Waals surface area contributed by atoms with Gasteiger partial charge in [-0.15, -0.1) is 0 Å². The number of aliphatic hydroxyl groups is 1. The summed E-state index contributed by atoms with van der Waals surface area (Å²) in [5.74, 6) is 0.523. The van der Waals surface area contributed by atoms with E-state index in [1.165, 1.54) is 0 Å². The lowest BCUT2D eigenvalue weighted by Gasteiger charge is -2.10. The van der Waals surface area contributed by atoms with Crippen LogP contribution in [-0.4, -0.2) is 18.4 Å². The maximum atomic E-state index is 11.8. The van der Waals surface area contributed by atoms with Crippen molar-refractivity contribution in [3.63, 3.8) is 0 Å². The minimum absolute atomic E-state index is 0.310. The first-order valence-electron chi connectivity index (χ1n) is 4.81. The van der Waals surface area contributed by atoms with Gasteiger partial charge in [0.1, 0.15) is 5.75 Å². The molecule has 1 N–H and O–H groups in total. The number of halogens is 2. The van der Waals surface area contributed by atoms with Gasteiger partial charge in [-0.3, -0.25) is 4.39 Å². The molecule has 0 saturated heterocycles. The number of aliphatic hydroxyl groups excluding tert-OH is 1. The largest absolute Gasteiger partial charge is 0.492 e. The number of rotatable bonds is 5. The van der Waals surface area contributed by atoms with Gasteiger partial charge in [-0.25, -0.2) is 0 Å². The SMILES string of the molecule is C[C@@H](O)c1ccc(OCCCF)c(Cl)c1. The highest BCUT2D eigenvalue weighted by atomic mass is 35.5. The van der Waals surface area contributed by atoms with Crippen molar-refractivity contribution in [1.82, 2.24) is 0 Å². The van der Waals surface area contributed by atoms with E-state index in [0.29, 0.717) is 23.8 Å². The quantitative estimate of drug-likeness (QED) is 0.791. The molecule has 4 heteroatoms. The second-order valence-electron chi connectivity index (χ2n) is 3.26. The first-order chi connectivity index (χ1) is 7.15. The Morgan fingerprint density at radius 2 is 2.27 bits per heavy atom. The molecule has 0 unspecified atom stereocenters. The summed E-state index contributed by atoms with van der Waals surface area (Å²) in [5, 5.41) is 9.74. The van der Waals surface area contributed by atoms with Crippen LogP contribution in [0.25, 0.3) is 0 Å². The standard InChI is InChI=1S/C11H14ClFO2/c1-8(14)9-3-4-11(10(12)7-9)15-6-2-5-13/h3-4,7-8,14H,2,5-6H2,1H3/t8-/m1/s1. The second-order valence-corrected chi connectivity index (χ2v) is 3.66. The van der Waals surface area contributed by atoms with Gasteiger partial charge in [0, 0.05) is 6.42 Å². The summed E-state index contributed by atoms with van der Waals surface area (Å²) >= 11 is 5.92. The highest BCUT2D eigenvalue weighted by Crippen LogP contribution is 2.27. The Morgan fingerprint density at radius 3 is 2.80 bits per heavy atom. The van der Waals surface area contributed by atoms with E-state index in [1.54, 1.807) is 25.1 Å². The molecule has 0 heterocycles. The number of hydrogen-bond donors (Lipinski definition) is 1. The third kappa shape index (κ3) is 3.68. The van der Waals surface area contributed by atoms with Gasteiger partial charge in [-0.2, -0.15) is 0 Å². The molecule has 2 nitrogen and oxygen atoms in total. The fourth-order valence-corrected chi connectivity index (χ4v) is 1.37. The first kappa shape index (κ1) is 12.3. The third-order valence-corrected chi connectivity index (χ3v) is 2.27. The lowest BCUT2D eigenvalue weighted by Crippen LogP contribution is -1.99. The van der Waals surface area contributed by atoms with Crippen molar-refractivity contribution >= 4 is 11.6 Å². The van der Waals surface area contributed by atoms with E-state index in [9.17, 15) is 9.50 Å². The highest BCUT2D eigenvalue weighted by Gasteiger charge is 2.06. The topological polar surface area (TPSA) is 29.5 Å². The predicted octanol–water partition coefficient (Wildman–Crippen LogP) is 3.13. The molecule has 0 radical (unpaired) electrons. The number of alkyl halides is 1. The third-order valence-electron chi connectivity index (χ3n) is 1.97. The van der Waals surface area contributed by atoms with E-state index in [1.807, 2.05) is 0 Å². The van der Waals surface area contributed by atoms with E-state index in [2.05, 4.69) is 0 Å². The summed E-state index contributed by atoms with van der Waals surface area (Å²) < 4.78 is 17.1. The summed E-state index contributed by atoms with van der Waals surface area (Å²) in [6.07, 6.45) is -0.198. The molecule has 1 aromatic rings. The molecule has 0 aromatic heterocycles. The van der Waals surface area contributed by atoms with Crippen LogP contribution in [0.3, 0.4) is 0 Å². The van der Waals surface area contributed by atoms with Gasteiger partial charge >= 0.3 is 0 Å². The molecular weight excluding hydrogens is 219 g/mol. The first-order valence-corrected chi connectivity index (χ1v) is 5.19. The zero-order chi connectivity index (χ0) is 11.3. The van der Waals surface area contributed by atoms with Gasteiger partial charge in [0.2, 0.25) is 0 Å². The zero-order valence-corrected chi connectivity index (χ0v) is 9.30. The van der Waals surface area contributed by atoms with Crippen LogP contribution in [-0.2, 0) is 0 Å². The molecule has 1 atom stereocenters. The Bertz CT molecular complexity index is 315. The van der Waals surface area contributed by atoms with Crippen LogP contribution in [0.1, 0.15) is 25.0 Å². The van der Waals surface area contributed by atoms with E-state index < -0.39 is 12.8 Å². The summed E-state index contributed by atoms with van der Waals surface area (Å²) in [7, 11) is 0. The Kier molecular flexibility index (Phi) is 4.85. The second kappa shape index (κ2) is 5.93. The van der Waals surface area contributed by atoms with Crippen LogP contribution >= 0.6 is 11.6 Å². The number of ether oxygens (including phenoxy) is 1. The van der Waals surface area contributed by atoms with Crippen LogP contribution in [0.15, 0.2) is 18.2 Å². The summed E-state index contributed by atoms with van der Waals surface area (Å²) in [4.78, 5) is 0. The van der Waals surface area contributed by atoms with Crippen molar-refractivity contribution in [3.8, 4) is 5.75 Å². The molecule has 0 amide bonds. The molecule has 0 fully saturated rings. The molecule has 0 aliphatic rings. The predicted molar refractivity (Wildman–Crippen MR) is 58.2 cm³/mol. The van der Waals surface area contributed by atoms with Gasteiger partial charge in [-0.05, 0) is 24.6 Å². The Morgan fingerprint density at radius 1 is 1.53 bits per heavy atom. The highest BCUT2D eigenvalue weighted by molar-refractivity contribution is 6.32. The van der Waals surface area contributed by atoms with E-state index in [-0.39, 0.29) is 0 Å². The van der Waals surface area contributed by atoms with Gasteiger partial charge in [-0.1, -0.05) is 17.7 Å². The van der Waals surface area contributed by atoms with Gasteiger partial charge in [0.25, 0.3) is 0 Å². The molecule has 0 spiro atoms. The average molecular weight is 233 g/mol. The molecule has 0 aliphatic heterocycles. The summed E-state index contributed by atoms with van der Waals surface area (Å²) in [6.45, 7) is 1.57. The van der Waals surface area contributed by atoms with Crippen molar-refractivity contribution < 1.29 is 14.2 Å². The molecule has 1 rings (SSSR count). The Labute approximate surface area is 93.6 Å². The molecule has 84 valence electrons. The number of hydrogen-bond acceptors (Lipinski definition) is 2. The molecule has 1 aromatic carbocycles.